The lowest BCUT2D eigenvalue weighted by Gasteiger charge is -2.20. The van der Waals surface area contributed by atoms with Crippen LogP contribution in [0.1, 0.15) is 45.1 Å². The van der Waals surface area contributed by atoms with Crippen LogP contribution >= 0.6 is 0 Å². The van der Waals surface area contributed by atoms with Crippen LogP contribution in [0.5, 0.6) is 11.5 Å². The summed E-state index contributed by atoms with van der Waals surface area (Å²) < 4.78 is 11.5. The van der Waals surface area contributed by atoms with E-state index in [2.05, 4.69) is 6.07 Å². The predicted molar refractivity (Wildman–Crippen MR) is 77.8 cm³/mol. The van der Waals surface area contributed by atoms with Gasteiger partial charge in [-0.15, -0.1) is 0 Å². The monoisotopic (exact) mass is 263 g/mol. The van der Waals surface area contributed by atoms with E-state index in [1.807, 2.05) is 26.0 Å². The lowest BCUT2D eigenvalue weighted by Crippen LogP contribution is -2.34. The molecule has 0 amide bonds. The molecule has 1 aliphatic rings. The fourth-order valence-electron chi connectivity index (χ4n) is 2.63. The highest BCUT2D eigenvalue weighted by molar-refractivity contribution is 5.43. The Hall–Kier alpha value is -1.22. The van der Waals surface area contributed by atoms with Crippen molar-refractivity contribution in [3.8, 4) is 11.5 Å². The third-order valence-electron chi connectivity index (χ3n) is 3.48. The molecular weight excluding hydrogens is 238 g/mol. The maximum absolute atomic E-state index is 6.06. The van der Waals surface area contributed by atoms with Crippen molar-refractivity contribution >= 4 is 0 Å². The minimum Gasteiger partial charge on any atom is -0.493 e. The summed E-state index contributed by atoms with van der Waals surface area (Å²) in [6, 6.07) is 6.14. The van der Waals surface area contributed by atoms with Gasteiger partial charge in [-0.2, -0.15) is 0 Å². The summed E-state index contributed by atoms with van der Waals surface area (Å²) in [5, 5.41) is 0. The number of nitrogens with two attached hydrogens (primary N) is 1. The number of methoxy groups -OCH3 is 1. The van der Waals surface area contributed by atoms with Gasteiger partial charge in [0.25, 0.3) is 0 Å². The molecule has 1 saturated carbocycles. The molecule has 1 aromatic rings. The molecule has 0 heterocycles. The Morgan fingerprint density at radius 2 is 1.89 bits per heavy atom. The predicted octanol–water partition coefficient (Wildman–Crippen LogP) is 3.30. The van der Waals surface area contributed by atoms with Crippen LogP contribution in [0.3, 0.4) is 0 Å². The molecular formula is C16H25NO2. The SMILES string of the molecule is COc1cc(CC(C)(C)N)ccc1OC1CCCC1. The van der Waals surface area contributed by atoms with E-state index in [0.29, 0.717) is 6.10 Å². The van der Waals surface area contributed by atoms with Crippen LogP contribution in [0, 0.1) is 0 Å². The summed E-state index contributed by atoms with van der Waals surface area (Å²) in [4.78, 5) is 0. The van der Waals surface area contributed by atoms with E-state index in [0.717, 1.165) is 30.8 Å². The van der Waals surface area contributed by atoms with Gasteiger partial charge in [0.15, 0.2) is 11.5 Å². The van der Waals surface area contributed by atoms with E-state index in [1.165, 1.54) is 18.4 Å². The Kier molecular flexibility index (Phi) is 4.35. The zero-order valence-corrected chi connectivity index (χ0v) is 12.2. The van der Waals surface area contributed by atoms with Crippen LogP contribution in [-0.2, 0) is 6.42 Å². The number of hydrogen-bond donors (Lipinski definition) is 1. The van der Waals surface area contributed by atoms with Crippen LogP contribution in [0.25, 0.3) is 0 Å². The Morgan fingerprint density at radius 1 is 1.21 bits per heavy atom. The number of hydrogen-bond acceptors (Lipinski definition) is 3. The average molecular weight is 263 g/mol. The van der Waals surface area contributed by atoms with E-state index in [9.17, 15) is 0 Å². The third-order valence-corrected chi connectivity index (χ3v) is 3.48. The van der Waals surface area contributed by atoms with Crippen molar-refractivity contribution in [2.45, 2.75) is 57.6 Å². The Labute approximate surface area is 116 Å². The molecule has 19 heavy (non-hydrogen) atoms. The first-order valence-corrected chi connectivity index (χ1v) is 7.10. The van der Waals surface area contributed by atoms with Crippen LogP contribution in [0.2, 0.25) is 0 Å². The normalized spacial score (nSPS) is 16.6. The van der Waals surface area contributed by atoms with Crippen LogP contribution < -0.4 is 15.2 Å². The minimum absolute atomic E-state index is 0.209. The van der Waals surface area contributed by atoms with Crippen molar-refractivity contribution in [3.63, 3.8) is 0 Å². The fourth-order valence-corrected chi connectivity index (χ4v) is 2.63. The van der Waals surface area contributed by atoms with E-state index in [-0.39, 0.29) is 5.54 Å². The summed E-state index contributed by atoms with van der Waals surface area (Å²) in [5.74, 6) is 1.67. The highest BCUT2D eigenvalue weighted by atomic mass is 16.5. The molecule has 106 valence electrons. The molecule has 3 heteroatoms. The van der Waals surface area contributed by atoms with Gasteiger partial charge in [-0.1, -0.05) is 6.07 Å². The van der Waals surface area contributed by atoms with Crippen molar-refractivity contribution in [2.75, 3.05) is 7.11 Å². The Morgan fingerprint density at radius 3 is 2.47 bits per heavy atom. The van der Waals surface area contributed by atoms with Crippen LogP contribution in [0.4, 0.5) is 0 Å². The summed E-state index contributed by atoms with van der Waals surface area (Å²) in [6.07, 6.45) is 6.03. The summed E-state index contributed by atoms with van der Waals surface area (Å²) in [5.41, 5.74) is 7.03. The quantitative estimate of drug-likeness (QED) is 0.886. The number of ether oxygens (including phenoxy) is 2. The Bertz CT molecular complexity index is 417. The van der Waals surface area contributed by atoms with Gasteiger partial charge in [0, 0.05) is 5.54 Å². The standard InChI is InChI=1S/C16H25NO2/c1-16(2,17)11-12-8-9-14(15(10-12)18-3)19-13-6-4-5-7-13/h8-10,13H,4-7,11,17H2,1-3H3. The van der Waals surface area contributed by atoms with Gasteiger partial charge in [-0.25, -0.2) is 0 Å². The highest BCUT2D eigenvalue weighted by Gasteiger charge is 2.19. The summed E-state index contributed by atoms with van der Waals surface area (Å²) >= 11 is 0. The molecule has 0 bridgehead atoms. The maximum atomic E-state index is 6.06. The van der Waals surface area contributed by atoms with Crippen LogP contribution in [-0.4, -0.2) is 18.8 Å². The number of rotatable bonds is 5. The first-order chi connectivity index (χ1) is 8.98. The van der Waals surface area contributed by atoms with Gasteiger partial charge in [0.05, 0.1) is 13.2 Å². The molecule has 1 aliphatic carbocycles. The topological polar surface area (TPSA) is 44.5 Å². The van der Waals surface area contributed by atoms with Crippen molar-refractivity contribution < 1.29 is 9.47 Å². The molecule has 3 nitrogen and oxygen atoms in total. The fraction of sp³-hybridized carbons (Fsp3) is 0.625. The van der Waals surface area contributed by atoms with Crippen molar-refractivity contribution in [1.82, 2.24) is 0 Å². The van der Waals surface area contributed by atoms with Gasteiger partial charge >= 0.3 is 0 Å². The number of benzene rings is 1. The second-order valence-electron chi connectivity index (χ2n) is 6.17. The molecule has 0 aromatic heterocycles. The molecule has 2 N–H and O–H groups in total. The first kappa shape index (κ1) is 14.2. The van der Waals surface area contributed by atoms with Crippen molar-refractivity contribution in [3.05, 3.63) is 23.8 Å². The van der Waals surface area contributed by atoms with E-state index >= 15 is 0 Å². The average Bonchev–Trinajstić information content (AvgIpc) is 2.82. The second-order valence-corrected chi connectivity index (χ2v) is 6.17. The maximum Gasteiger partial charge on any atom is 0.161 e. The van der Waals surface area contributed by atoms with Gasteiger partial charge in [-0.3, -0.25) is 0 Å². The van der Waals surface area contributed by atoms with Gasteiger partial charge in [0.1, 0.15) is 0 Å². The van der Waals surface area contributed by atoms with Crippen molar-refractivity contribution in [2.24, 2.45) is 5.73 Å². The van der Waals surface area contributed by atoms with Gasteiger partial charge in [0.2, 0.25) is 0 Å². The minimum atomic E-state index is -0.209. The second kappa shape index (κ2) is 5.83. The zero-order chi connectivity index (χ0) is 13.9. The molecule has 0 spiro atoms. The van der Waals surface area contributed by atoms with Gasteiger partial charge in [-0.05, 0) is 63.6 Å². The third kappa shape index (κ3) is 4.13. The molecule has 2 rings (SSSR count). The first-order valence-electron chi connectivity index (χ1n) is 7.10. The molecule has 0 atom stereocenters. The lowest BCUT2D eigenvalue weighted by atomic mass is 9.96. The van der Waals surface area contributed by atoms with E-state index in [4.69, 9.17) is 15.2 Å². The largest absolute Gasteiger partial charge is 0.493 e. The van der Waals surface area contributed by atoms with E-state index < -0.39 is 0 Å². The molecule has 0 unspecified atom stereocenters. The molecule has 0 radical (unpaired) electrons. The smallest absolute Gasteiger partial charge is 0.161 e. The molecule has 1 aromatic carbocycles. The Balaban J connectivity index is 2.11. The highest BCUT2D eigenvalue weighted by Crippen LogP contribution is 2.32. The van der Waals surface area contributed by atoms with E-state index in [1.54, 1.807) is 7.11 Å². The molecule has 1 fully saturated rings. The summed E-state index contributed by atoms with van der Waals surface area (Å²) in [7, 11) is 1.69. The molecule has 0 saturated heterocycles. The van der Waals surface area contributed by atoms with Crippen LogP contribution in [0.15, 0.2) is 18.2 Å². The van der Waals surface area contributed by atoms with Gasteiger partial charge < -0.3 is 15.2 Å². The lowest BCUT2D eigenvalue weighted by molar-refractivity contribution is 0.200. The summed E-state index contributed by atoms with van der Waals surface area (Å²) in [6.45, 7) is 4.06. The van der Waals surface area contributed by atoms with Crippen molar-refractivity contribution in [1.29, 1.82) is 0 Å². The zero-order valence-electron chi connectivity index (χ0n) is 12.2. The molecule has 0 aliphatic heterocycles.